The van der Waals surface area contributed by atoms with Gasteiger partial charge in [0, 0.05) is 17.3 Å². The number of hydrogen-bond donors (Lipinski definition) is 2. The summed E-state index contributed by atoms with van der Waals surface area (Å²) in [4.78, 5) is 15.8. The van der Waals surface area contributed by atoms with E-state index in [1.165, 1.54) is 6.21 Å². The van der Waals surface area contributed by atoms with Crippen LogP contribution in [0.5, 0.6) is 0 Å². The smallest absolute Gasteiger partial charge is 0.288 e. The number of rotatable bonds is 2. The summed E-state index contributed by atoms with van der Waals surface area (Å²) in [7, 11) is 0. The molecule has 0 aliphatic heterocycles. The summed E-state index contributed by atoms with van der Waals surface area (Å²) in [6.45, 7) is 0. The highest BCUT2D eigenvalue weighted by Crippen LogP contribution is 2.29. The van der Waals surface area contributed by atoms with Crippen LogP contribution in [0.3, 0.4) is 0 Å². The number of aliphatic imine (C=N–C) groups is 1. The van der Waals surface area contributed by atoms with E-state index in [1.54, 1.807) is 24.3 Å². The van der Waals surface area contributed by atoms with Gasteiger partial charge in [-0.05, 0) is 5.21 Å². The quantitative estimate of drug-likeness (QED) is 0.765. The van der Waals surface area contributed by atoms with Gasteiger partial charge in [0.2, 0.25) is 0 Å². The first-order valence-electron chi connectivity index (χ1n) is 5.12. The minimum absolute atomic E-state index is 0.0807. The lowest BCUT2D eigenvalue weighted by atomic mass is 10.1. The number of aliphatic hydroxyl groups excluding tert-OH is 1. The Balaban J connectivity index is 2.00. The Morgan fingerprint density at radius 3 is 2.72 bits per heavy atom. The number of aliphatic hydroxyl groups is 1. The molecule has 1 aliphatic rings. The topological polar surface area (TPSA) is 104 Å². The van der Waals surface area contributed by atoms with Crippen LogP contribution in [0, 0.1) is 0 Å². The van der Waals surface area contributed by atoms with Crippen LogP contribution in [0.1, 0.15) is 15.9 Å². The summed E-state index contributed by atoms with van der Waals surface area (Å²) in [5.41, 5.74) is 1.10. The molecule has 0 radical (unpaired) electrons. The highest BCUT2D eigenvalue weighted by atomic mass is 16.3. The molecule has 2 N–H and O–H groups in total. The van der Waals surface area contributed by atoms with Gasteiger partial charge in [-0.1, -0.05) is 29.4 Å². The normalized spacial score (nSPS) is 14.6. The number of Topliss-reactive ketones (excluding diaryl/α,β-unsaturated/α-hetero) is 1. The minimum Gasteiger partial charge on any atom is -0.506 e. The zero-order valence-corrected chi connectivity index (χ0v) is 9.03. The van der Waals surface area contributed by atoms with Gasteiger partial charge in [0.15, 0.2) is 5.78 Å². The molecule has 0 atom stereocenters. The molecule has 0 unspecified atom stereocenters. The average molecular weight is 241 g/mol. The number of ketones is 1. The molecule has 3 rings (SSSR count). The Morgan fingerprint density at radius 1 is 1.28 bits per heavy atom. The van der Waals surface area contributed by atoms with Crippen molar-refractivity contribution in [2.45, 2.75) is 0 Å². The fourth-order valence-corrected chi connectivity index (χ4v) is 1.74. The van der Waals surface area contributed by atoms with E-state index in [9.17, 15) is 9.90 Å². The van der Waals surface area contributed by atoms with Crippen molar-refractivity contribution in [1.82, 2.24) is 20.6 Å². The maximum Gasteiger partial charge on any atom is 0.288 e. The molecule has 1 aliphatic carbocycles. The molecular formula is C11H7N5O2. The second kappa shape index (κ2) is 3.88. The summed E-state index contributed by atoms with van der Waals surface area (Å²) >= 11 is 0. The van der Waals surface area contributed by atoms with Crippen molar-refractivity contribution in [3.05, 3.63) is 41.0 Å². The van der Waals surface area contributed by atoms with Crippen molar-refractivity contribution < 1.29 is 9.90 Å². The van der Waals surface area contributed by atoms with Gasteiger partial charge in [-0.25, -0.2) is 4.99 Å². The number of H-pyrrole nitrogens is 1. The number of nitrogens with one attached hydrogen (secondary N) is 1. The Labute approximate surface area is 101 Å². The molecule has 1 aromatic heterocycles. The molecule has 1 aromatic carbocycles. The van der Waals surface area contributed by atoms with Crippen molar-refractivity contribution >= 4 is 23.7 Å². The van der Waals surface area contributed by atoms with Gasteiger partial charge >= 0.3 is 0 Å². The molecule has 88 valence electrons. The molecule has 7 nitrogen and oxygen atoms in total. The number of tetrazole rings is 1. The number of carbonyl (C=O) groups excluding carboxylic acids is 1. The third kappa shape index (κ3) is 1.49. The average Bonchev–Trinajstić information content (AvgIpc) is 2.98. The molecule has 2 aromatic rings. The number of aromatic nitrogens is 4. The number of allylic oxidation sites excluding steroid dienone is 1. The molecule has 0 saturated heterocycles. The highest BCUT2D eigenvalue weighted by molar-refractivity contribution is 6.30. The third-order valence-corrected chi connectivity index (χ3v) is 2.57. The van der Waals surface area contributed by atoms with Crippen LogP contribution in [0.15, 0.2) is 34.8 Å². The number of hydrogen-bond acceptors (Lipinski definition) is 6. The van der Waals surface area contributed by atoms with E-state index in [-0.39, 0.29) is 23.1 Å². The number of carbonyl (C=O) groups is 1. The first-order valence-corrected chi connectivity index (χ1v) is 5.12. The van der Waals surface area contributed by atoms with E-state index in [1.807, 2.05) is 0 Å². The van der Waals surface area contributed by atoms with Crippen molar-refractivity contribution in [3.8, 4) is 0 Å². The van der Waals surface area contributed by atoms with Crippen LogP contribution in [-0.4, -0.2) is 37.7 Å². The second-order valence-electron chi connectivity index (χ2n) is 3.61. The molecule has 0 fully saturated rings. The van der Waals surface area contributed by atoms with E-state index in [2.05, 4.69) is 25.6 Å². The van der Waals surface area contributed by atoms with Gasteiger partial charge in [0.25, 0.3) is 5.95 Å². The van der Waals surface area contributed by atoms with Gasteiger partial charge in [-0.2, -0.15) is 5.21 Å². The lowest BCUT2D eigenvalue weighted by molar-refractivity contribution is 0.104. The zero-order valence-electron chi connectivity index (χ0n) is 9.03. The lowest BCUT2D eigenvalue weighted by Crippen LogP contribution is -1.99. The third-order valence-electron chi connectivity index (χ3n) is 2.57. The van der Waals surface area contributed by atoms with Crippen LogP contribution in [0.2, 0.25) is 0 Å². The Bertz CT molecular complexity index is 673. The Morgan fingerprint density at radius 2 is 2.06 bits per heavy atom. The van der Waals surface area contributed by atoms with Crippen LogP contribution in [0.25, 0.3) is 5.76 Å². The molecule has 1 heterocycles. The molecular weight excluding hydrogens is 234 g/mol. The molecule has 0 saturated carbocycles. The standard InChI is InChI=1S/C11H7N5O2/c17-9-6-3-1-2-4-7(6)10(18)8(9)5-12-11-13-15-16-14-11/h1-5,17H,(H,13,14,15,16)/b12-5+. The number of fused-ring (bicyclic) bond motifs is 1. The first-order chi connectivity index (χ1) is 8.77. The molecule has 18 heavy (non-hydrogen) atoms. The highest BCUT2D eigenvalue weighted by Gasteiger charge is 2.27. The summed E-state index contributed by atoms with van der Waals surface area (Å²) in [5.74, 6) is -0.253. The van der Waals surface area contributed by atoms with Crippen LogP contribution < -0.4 is 0 Å². The van der Waals surface area contributed by atoms with E-state index >= 15 is 0 Å². The van der Waals surface area contributed by atoms with Crippen LogP contribution in [0.4, 0.5) is 5.95 Å². The van der Waals surface area contributed by atoms with Crippen LogP contribution >= 0.6 is 0 Å². The van der Waals surface area contributed by atoms with Crippen molar-refractivity contribution in [3.63, 3.8) is 0 Å². The van der Waals surface area contributed by atoms with Crippen molar-refractivity contribution in [1.29, 1.82) is 0 Å². The van der Waals surface area contributed by atoms with Gasteiger partial charge in [0.05, 0.1) is 5.57 Å². The van der Waals surface area contributed by atoms with E-state index in [4.69, 9.17) is 0 Å². The number of nitrogens with zero attached hydrogens (tertiary/aromatic N) is 4. The molecule has 0 bridgehead atoms. The van der Waals surface area contributed by atoms with E-state index in [0.29, 0.717) is 11.1 Å². The summed E-state index contributed by atoms with van der Waals surface area (Å²) in [6.07, 6.45) is 1.24. The molecule has 0 amide bonds. The monoisotopic (exact) mass is 241 g/mol. The largest absolute Gasteiger partial charge is 0.506 e. The minimum atomic E-state index is -0.268. The Kier molecular flexibility index (Phi) is 2.23. The number of benzene rings is 1. The first kappa shape index (κ1) is 10.3. The predicted octanol–water partition coefficient (Wildman–Crippen LogP) is 1.07. The Hall–Kier alpha value is -2.83. The SMILES string of the molecule is O=C1C(/C=N/c2nn[nH]n2)=C(O)c2ccccc21. The maximum absolute atomic E-state index is 12.0. The summed E-state index contributed by atoms with van der Waals surface area (Å²) < 4.78 is 0. The van der Waals surface area contributed by atoms with Crippen molar-refractivity contribution in [2.75, 3.05) is 0 Å². The van der Waals surface area contributed by atoms with Gasteiger partial charge in [0.1, 0.15) is 5.76 Å². The lowest BCUT2D eigenvalue weighted by Gasteiger charge is -1.95. The van der Waals surface area contributed by atoms with Gasteiger partial charge in [-0.3, -0.25) is 4.79 Å². The second-order valence-corrected chi connectivity index (χ2v) is 3.61. The van der Waals surface area contributed by atoms with Gasteiger partial charge < -0.3 is 5.11 Å². The maximum atomic E-state index is 12.0. The molecule has 7 heteroatoms. The van der Waals surface area contributed by atoms with Gasteiger partial charge in [-0.15, -0.1) is 5.10 Å². The molecule has 0 spiro atoms. The van der Waals surface area contributed by atoms with E-state index in [0.717, 1.165) is 0 Å². The summed E-state index contributed by atoms with van der Waals surface area (Å²) in [6, 6.07) is 6.83. The predicted molar refractivity (Wildman–Crippen MR) is 62.7 cm³/mol. The fourth-order valence-electron chi connectivity index (χ4n) is 1.74. The van der Waals surface area contributed by atoms with Crippen LogP contribution in [-0.2, 0) is 0 Å². The van der Waals surface area contributed by atoms with Crippen molar-refractivity contribution in [2.24, 2.45) is 4.99 Å². The summed E-state index contributed by atoms with van der Waals surface area (Å²) in [5, 5.41) is 22.7. The number of aromatic amines is 1. The van der Waals surface area contributed by atoms with E-state index < -0.39 is 0 Å². The zero-order chi connectivity index (χ0) is 12.5. The fraction of sp³-hybridized carbons (Fsp3) is 0.